The van der Waals surface area contributed by atoms with Crippen LogP contribution in [-0.2, 0) is 13.0 Å². The fourth-order valence-corrected chi connectivity index (χ4v) is 3.42. The van der Waals surface area contributed by atoms with E-state index in [4.69, 9.17) is 16.1 Å². The number of imidazole rings is 1. The van der Waals surface area contributed by atoms with Gasteiger partial charge in [0.1, 0.15) is 5.76 Å². The van der Waals surface area contributed by atoms with E-state index in [2.05, 4.69) is 20.8 Å². The average Bonchev–Trinajstić information content (AvgIpc) is 3.27. The summed E-state index contributed by atoms with van der Waals surface area (Å²) in [6.45, 7) is 2.36. The molecule has 3 heterocycles. The second kappa shape index (κ2) is 7.47. The van der Waals surface area contributed by atoms with Gasteiger partial charge in [0.25, 0.3) is 11.8 Å². The van der Waals surface area contributed by atoms with Crippen LogP contribution in [-0.4, -0.2) is 26.5 Å². The van der Waals surface area contributed by atoms with Gasteiger partial charge in [-0.3, -0.25) is 9.59 Å². The van der Waals surface area contributed by atoms with Crippen LogP contribution >= 0.6 is 11.6 Å². The molecule has 0 radical (unpaired) electrons. The number of hydrogen-bond acceptors (Lipinski definition) is 5. The Morgan fingerprint density at radius 1 is 1.18 bits per heavy atom. The predicted molar refractivity (Wildman–Crippen MR) is 104 cm³/mol. The fraction of sp³-hybridized carbons (Fsp3) is 0.263. The Balaban J connectivity index is 1.64. The first-order valence-corrected chi connectivity index (χ1v) is 9.30. The largest absolute Gasteiger partial charge is 0.360 e. The summed E-state index contributed by atoms with van der Waals surface area (Å²) >= 11 is 6.13. The van der Waals surface area contributed by atoms with Crippen LogP contribution in [0.4, 0.5) is 11.5 Å². The Labute approximate surface area is 165 Å². The lowest BCUT2D eigenvalue weighted by molar-refractivity contribution is 0.101. The first-order valence-electron chi connectivity index (χ1n) is 8.93. The number of carbonyl (C=O) groups excluding carboxylic acids is 2. The Morgan fingerprint density at radius 3 is 2.75 bits per heavy atom. The number of halogens is 1. The molecule has 1 aliphatic rings. The van der Waals surface area contributed by atoms with Crippen LogP contribution < -0.4 is 10.6 Å². The molecule has 9 heteroatoms. The molecule has 144 valence electrons. The molecular formula is C19H18ClN5O3. The normalized spacial score (nSPS) is 13.1. The zero-order valence-corrected chi connectivity index (χ0v) is 15.9. The molecule has 0 unspecified atom stereocenters. The SMILES string of the molecule is Cc1cc(NC(=O)c2nc(C(=O)Nc3ccccc3Cl)c3n2CCCC3)no1. The highest BCUT2D eigenvalue weighted by Crippen LogP contribution is 2.25. The molecule has 0 aliphatic carbocycles. The Morgan fingerprint density at radius 2 is 2.00 bits per heavy atom. The van der Waals surface area contributed by atoms with Crippen LogP contribution in [0.15, 0.2) is 34.9 Å². The van der Waals surface area contributed by atoms with E-state index in [1.54, 1.807) is 41.8 Å². The van der Waals surface area contributed by atoms with Crippen LogP contribution in [0.1, 0.15) is 45.4 Å². The summed E-state index contributed by atoms with van der Waals surface area (Å²) in [6, 6.07) is 8.58. The molecule has 3 aromatic rings. The summed E-state index contributed by atoms with van der Waals surface area (Å²) in [5.41, 5.74) is 1.48. The second-order valence-corrected chi connectivity index (χ2v) is 6.96. The van der Waals surface area contributed by atoms with Crippen LogP contribution in [0.3, 0.4) is 0 Å². The van der Waals surface area contributed by atoms with Crippen LogP contribution in [0.5, 0.6) is 0 Å². The highest BCUT2D eigenvalue weighted by Gasteiger charge is 2.28. The van der Waals surface area contributed by atoms with E-state index in [-0.39, 0.29) is 11.5 Å². The molecule has 28 heavy (non-hydrogen) atoms. The van der Waals surface area contributed by atoms with Crippen LogP contribution in [0.25, 0.3) is 0 Å². The molecule has 1 aromatic carbocycles. The summed E-state index contributed by atoms with van der Waals surface area (Å²) in [5, 5.41) is 9.63. The minimum Gasteiger partial charge on any atom is -0.360 e. The fourth-order valence-electron chi connectivity index (χ4n) is 3.24. The second-order valence-electron chi connectivity index (χ2n) is 6.55. The van der Waals surface area contributed by atoms with Gasteiger partial charge in [-0.15, -0.1) is 0 Å². The van der Waals surface area contributed by atoms with Crippen molar-refractivity contribution in [1.29, 1.82) is 0 Å². The third-order valence-corrected chi connectivity index (χ3v) is 4.86. The molecule has 0 saturated carbocycles. The third kappa shape index (κ3) is 3.50. The highest BCUT2D eigenvalue weighted by atomic mass is 35.5. The van der Waals surface area contributed by atoms with E-state index in [1.807, 2.05) is 0 Å². The number of nitrogens with zero attached hydrogens (tertiary/aromatic N) is 3. The molecule has 8 nitrogen and oxygen atoms in total. The van der Waals surface area contributed by atoms with E-state index < -0.39 is 11.8 Å². The minimum absolute atomic E-state index is 0.180. The van der Waals surface area contributed by atoms with Gasteiger partial charge in [0.2, 0.25) is 0 Å². The van der Waals surface area contributed by atoms with Gasteiger partial charge >= 0.3 is 0 Å². The van der Waals surface area contributed by atoms with Crippen molar-refractivity contribution in [3.8, 4) is 0 Å². The van der Waals surface area contributed by atoms with Gasteiger partial charge in [-0.25, -0.2) is 4.98 Å². The molecule has 1 aliphatic heterocycles. The molecule has 0 atom stereocenters. The number of nitrogens with one attached hydrogen (secondary N) is 2. The summed E-state index contributed by atoms with van der Waals surface area (Å²) in [7, 11) is 0. The predicted octanol–water partition coefficient (Wildman–Crippen LogP) is 3.67. The molecule has 2 amide bonds. The number of benzene rings is 1. The van der Waals surface area contributed by atoms with Crippen LogP contribution in [0, 0.1) is 6.92 Å². The number of rotatable bonds is 4. The Kier molecular flexibility index (Phi) is 4.87. The standard InChI is InChI=1S/C19H18ClN5O3/c1-11-10-15(24-28-11)22-19(27)17-23-16(14-8-4-5-9-25(14)17)18(26)21-13-7-3-2-6-12(13)20/h2-3,6-7,10H,4-5,8-9H2,1H3,(H,21,26)(H,22,24,27). The number of carbonyl (C=O) groups is 2. The molecule has 0 saturated heterocycles. The van der Waals surface area contributed by atoms with Crippen molar-refractivity contribution < 1.29 is 14.1 Å². The third-order valence-electron chi connectivity index (χ3n) is 4.53. The van der Waals surface area contributed by atoms with Gasteiger partial charge in [0.15, 0.2) is 17.3 Å². The van der Waals surface area contributed by atoms with Crippen molar-refractivity contribution in [2.24, 2.45) is 0 Å². The van der Waals surface area contributed by atoms with E-state index in [0.29, 0.717) is 35.3 Å². The lowest BCUT2D eigenvalue weighted by atomic mass is 10.1. The van der Waals surface area contributed by atoms with Gasteiger partial charge in [0, 0.05) is 12.6 Å². The number of hydrogen-bond donors (Lipinski definition) is 2. The summed E-state index contributed by atoms with van der Waals surface area (Å²) in [5.74, 6) is 0.237. The highest BCUT2D eigenvalue weighted by molar-refractivity contribution is 6.33. The number of aromatic nitrogens is 3. The zero-order chi connectivity index (χ0) is 19.7. The van der Waals surface area contributed by atoms with Crippen LogP contribution in [0.2, 0.25) is 5.02 Å². The number of anilines is 2. The summed E-state index contributed by atoms with van der Waals surface area (Å²) < 4.78 is 6.77. The number of fused-ring (bicyclic) bond motifs is 1. The molecule has 2 aromatic heterocycles. The molecule has 2 N–H and O–H groups in total. The molecular weight excluding hydrogens is 382 g/mol. The van der Waals surface area contributed by atoms with Crippen molar-refractivity contribution >= 4 is 34.9 Å². The Hall–Kier alpha value is -3.13. The lowest BCUT2D eigenvalue weighted by Crippen LogP contribution is -2.21. The van der Waals surface area contributed by atoms with E-state index >= 15 is 0 Å². The smallest absolute Gasteiger partial charge is 0.292 e. The van der Waals surface area contributed by atoms with Gasteiger partial charge in [0.05, 0.1) is 16.4 Å². The van der Waals surface area contributed by atoms with Crippen molar-refractivity contribution in [3.05, 3.63) is 58.3 Å². The first-order chi connectivity index (χ1) is 13.5. The molecule has 0 spiro atoms. The van der Waals surface area contributed by atoms with E-state index in [0.717, 1.165) is 18.5 Å². The van der Waals surface area contributed by atoms with Gasteiger partial charge < -0.3 is 19.7 Å². The first kappa shape index (κ1) is 18.2. The molecule has 4 rings (SSSR count). The maximum absolute atomic E-state index is 12.8. The van der Waals surface area contributed by atoms with Crippen molar-refractivity contribution in [3.63, 3.8) is 0 Å². The summed E-state index contributed by atoms with van der Waals surface area (Å²) in [4.78, 5) is 29.9. The zero-order valence-electron chi connectivity index (χ0n) is 15.2. The molecule has 0 bridgehead atoms. The van der Waals surface area contributed by atoms with Crippen molar-refractivity contribution in [1.82, 2.24) is 14.7 Å². The number of amides is 2. The quantitative estimate of drug-likeness (QED) is 0.696. The van der Waals surface area contributed by atoms with E-state index in [9.17, 15) is 9.59 Å². The van der Waals surface area contributed by atoms with Gasteiger partial charge in [-0.05, 0) is 38.3 Å². The maximum Gasteiger partial charge on any atom is 0.292 e. The monoisotopic (exact) mass is 399 g/mol. The summed E-state index contributed by atoms with van der Waals surface area (Å²) in [6.07, 6.45) is 2.52. The number of para-hydroxylation sites is 1. The maximum atomic E-state index is 12.8. The van der Waals surface area contributed by atoms with E-state index in [1.165, 1.54) is 0 Å². The lowest BCUT2D eigenvalue weighted by Gasteiger charge is -2.16. The minimum atomic E-state index is -0.437. The van der Waals surface area contributed by atoms with Crippen molar-refractivity contribution in [2.45, 2.75) is 32.7 Å². The molecule has 0 fully saturated rings. The van der Waals surface area contributed by atoms with Gasteiger partial charge in [-0.2, -0.15) is 0 Å². The number of aryl methyl sites for hydroxylation is 1. The van der Waals surface area contributed by atoms with Crippen molar-refractivity contribution in [2.75, 3.05) is 10.6 Å². The average molecular weight is 400 g/mol. The topological polar surface area (TPSA) is 102 Å². The van der Waals surface area contributed by atoms with Gasteiger partial charge in [-0.1, -0.05) is 28.9 Å². The Bertz CT molecular complexity index is 1060.